The third-order valence-corrected chi connectivity index (χ3v) is 5.35. The Morgan fingerprint density at radius 3 is 2.73 bits per heavy atom. The molecule has 0 aliphatic carbocycles. The number of carbonyl (C=O) groups is 2. The second-order valence-corrected chi connectivity index (χ2v) is 7.50. The molecule has 1 amide bonds. The van der Waals surface area contributed by atoms with E-state index >= 15 is 0 Å². The first-order chi connectivity index (χ1) is 16.1. The van der Waals surface area contributed by atoms with Gasteiger partial charge in [0.05, 0.1) is 25.4 Å². The highest BCUT2D eigenvalue weighted by atomic mass is 16.5. The van der Waals surface area contributed by atoms with Crippen molar-refractivity contribution in [3.8, 4) is 0 Å². The Labute approximate surface area is 189 Å². The maximum Gasteiger partial charge on any atom is 0.338 e. The van der Waals surface area contributed by atoms with E-state index in [9.17, 15) is 9.59 Å². The number of anilines is 2. The summed E-state index contributed by atoms with van der Waals surface area (Å²) in [7, 11) is 0. The first kappa shape index (κ1) is 20.9. The lowest BCUT2D eigenvalue weighted by Crippen LogP contribution is -2.37. The van der Waals surface area contributed by atoms with Gasteiger partial charge in [-0.05, 0) is 37.3 Å². The molecule has 0 radical (unpaired) electrons. The number of nitrogens with one attached hydrogen (secondary N) is 1. The van der Waals surface area contributed by atoms with Crippen molar-refractivity contribution >= 4 is 45.5 Å². The fraction of sp³-hybridized carbons (Fsp3) is 0.250. The molecule has 33 heavy (non-hydrogen) atoms. The summed E-state index contributed by atoms with van der Waals surface area (Å²) in [6, 6.07) is 14.1. The van der Waals surface area contributed by atoms with E-state index in [2.05, 4.69) is 15.3 Å². The summed E-state index contributed by atoms with van der Waals surface area (Å²) in [5, 5.41) is 3.59. The molecule has 2 aromatic heterocycles. The zero-order valence-electron chi connectivity index (χ0n) is 18.0. The normalized spacial score (nSPS) is 13.9. The van der Waals surface area contributed by atoms with Crippen molar-refractivity contribution in [1.82, 2.24) is 9.97 Å². The van der Waals surface area contributed by atoms with E-state index in [1.165, 1.54) is 0 Å². The van der Waals surface area contributed by atoms with Gasteiger partial charge in [0.2, 0.25) is 5.82 Å². The summed E-state index contributed by atoms with van der Waals surface area (Å²) in [6.07, 6.45) is 0. The number of esters is 1. The topological polar surface area (TPSA) is 107 Å². The van der Waals surface area contributed by atoms with Crippen LogP contribution in [0.15, 0.2) is 52.9 Å². The van der Waals surface area contributed by atoms with Gasteiger partial charge in [-0.1, -0.05) is 18.2 Å². The van der Waals surface area contributed by atoms with Gasteiger partial charge in [0.1, 0.15) is 11.1 Å². The smallest absolute Gasteiger partial charge is 0.338 e. The number of nitrogens with zero attached hydrogens (tertiary/aromatic N) is 3. The zero-order chi connectivity index (χ0) is 22.8. The van der Waals surface area contributed by atoms with Crippen molar-refractivity contribution in [2.45, 2.75) is 6.92 Å². The van der Waals surface area contributed by atoms with Crippen LogP contribution in [0.1, 0.15) is 27.9 Å². The SMILES string of the molecule is CCOC(=O)c1cccc(NC(=O)c2nc(N3CCOCC3)c3oc4ccccc4c3n2)c1. The van der Waals surface area contributed by atoms with Gasteiger partial charge in [-0.15, -0.1) is 0 Å². The summed E-state index contributed by atoms with van der Waals surface area (Å²) in [5.74, 6) is -0.370. The molecule has 0 spiro atoms. The molecule has 4 aromatic rings. The van der Waals surface area contributed by atoms with Crippen LogP contribution >= 0.6 is 0 Å². The standard InChI is InChI=1S/C24H22N4O5/c1-2-32-24(30)15-6-5-7-16(14-15)25-23(29)21-26-19-17-8-3-4-9-18(17)33-20(19)22(27-21)28-10-12-31-13-11-28/h3-9,14H,2,10-13H2,1H3,(H,25,29). The quantitative estimate of drug-likeness (QED) is 0.463. The second kappa shape index (κ2) is 8.87. The first-order valence-electron chi connectivity index (χ1n) is 10.7. The van der Waals surface area contributed by atoms with Gasteiger partial charge < -0.3 is 24.1 Å². The number of carbonyl (C=O) groups excluding carboxylic acids is 2. The van der Waals surface area contributed by atoms with Gasteiger partial charge in [0, 0.05) is 24.2 Å². The van der Waals surface area contributed by atoms with Gasteiger partial charge in [0.25, 0.3) is 5.91 Å². The van der Waals surface area contributed by atoms with Crippen molar-refractivity contribution in [1.29, 1.82) is 0 Å². The van der Waals surface area contributed by atoms with Gasteiger partial charge in [0.15, 0.2) is 11.4 Å². The average Bonchev–Trinajstić information content (AvgIpc) is 3.23. The Hall–Kier alpha value is -3.98. The van der Waals surface area contributed by atoms with Crippen molar-refractivity contribution < 1.29 is 23.5 Å². The monoisotopic (exact) mass is 446 g/mol. The highest BCUT2D eigenvalue weighted by Gasteiger charge is 2.24. The van der Waals surface area contributed by atoms with E-state index in [4.69, 9.17) is 13.9 Å². The van der Waals surface area contributed by atoms with Crippen molar-refractivity contribution in [2.24, 2.45) is 0 Å². The highest BCUT2D eigenvalue weighted by Crippen LogP contribution is 2.33. The predicted molar refractivity (Wildman–Crippen MR) is 123 cm³/mol. The highest BCUT2D eigenvalue weighted by molar-refractivity contribution is 6.09. The Bertz CT molecular complexity index is 1340. The van der Waals surface area contributed by atoms with E-state index < -0.39 is 11.9 Å². The number of ether oxygens (including phenoxy) is 2. The van der Waals surface area contributed by atoms with E-state index in [0.717, 1.165) is 5.39 Å². The van der Waals surface area contributed by atoms with E-state index in [-0.39, 0.29) is 12.4 Å². The fourth-order valence-corrected chi connectivity index (χ4v) is 3.79. The molecule has 1 aliphatic rings. The molecule has 0 bridgehead atoms. The summed E-state index contributed by atoms with van der Waals surface area (Å²) < 4.78 is 16.6. The van der Waals surface area contributed by atoms with E-state index in [1.54, 1.807) is 31.2 Å². The zero-order valence-corrected chi connectivity index (χ0v) is 18.0. The number of hydrogen-bond acceptors (Lipinski definition) is 8. The van der Waals surface area contributed by atoms with Gasteiger partial charge >= 0.3 is 5.97 Å². The number of fused-ring (bicyclic) bond motifs is 3. The van der Waals surface area contributed by atoms with E-state index in [1.807, 2.05) is 29.2 Å². The fourth-order valence-electron chi connectivity index (χ4n) is 3.79. The summed E-state index contributed by atoms with van der Waals surface area (Å²) in [4.78, 5) is 36.3. The molecule has 9 nitrogen and oxygen atoms in total. The molecule has 1 fully saturated rings. The number of aromatic nitrogens is 2. The molecule has 1 N–H and O–H groups in total. The number of rotatable bonds is 5. The van der Waals surface area contributed by atoms with Crippen LogP contribution in [-0.2, 0) is 9.47 Å². The maximum atomic E-state index is 13.1. The molecule has 168 valence electrons. The number of furan rings is 1. The maximum absolute atomic E-state index is 13.1. The molecule has 0 atom stereocenters. The number of amides is 1. The molecule has 2 aromatic carbocycles. The third-order valence-electron chi connectivity index (χ3n) is 5.35. The van der Waals surface area contributed by atoms with E-state index in [0.29, 0.717) is 60.1 Å². The lowest BCUT2D eigenvalue weighted by atomic mass is 10.2. The van der Waals surface area contributed by atoms with Crippen LogP contribution in [0.5, 0.6) is 0 Å². The Balaban J connectivity index is 1.53. The number of hydrogen-bond donors (Lipinski definition) is 1. The number of morpholine rings is 1. The molecule has 3 heterocycles. The number of benzene rings is 2. The number of para-hydroxylation sites is 1. The lowest BCUT2D eigenvalue weighted by Gasteiger charge is -2.27. The lowest BCUT2D eigenvalue weighted by molar-refractivity contribution is 0.0526. The Morgan fingerprint density at radius 2 is 1.91 bits per heavy atom. The first-order valence-corrected chi connectivity index (χ1v) is 10.7. The summed E-state index contributed by atoms with van der Waals surface area (Å²) >= 11 is 0. The molecule has 9 heteroatoms. The van der Waals surface area contributed by atoms with Crippen LogP contribution < -0.4 is 10.2 Å². The molecule has 0 unspecified atom stereocenters. The molecular formula is C24H22N4O5. The van der Waals surface area contributed by atoms with Crippen LogP contribution in [0.3, 0.4) is 0 Å². The molecule has 0 saturated carbocycles. The van der Waals surface area contributed by atoms with Crippen LogP contribution in [0, 0.1) is 0 Å². The minimum absolute atomic E-state index is 0.0112. The van der Waals surface area contributed by atoms with Crippen LogP contribution in [0.4, 0.5) is 11.5 Å². The minimum atomic E-state index is -0.488. The molecule has 5 rings (SSSR count). The van der Waals surface area contributed by atoms with Gasteiger partial charge in [-0.2, -0.15) is 0 Å². The molecule has 1 saturated heterocycles. The van der Waals surface area contributed by atoms with Crippen molar-refractivity contribution in [3.63, 3.8) is 0 Å². The molecular weight excluding hydrogens is 424 g/mol. The van der Waals surface area contributed by atoms with Crippen molar-refractivity contribution in [2.75, 3.05) is 43.1 Å². The second-order valence-electron chi connectivity index (χ2n) is 7.50. The largest absolute Gasteiger partial charge is 0.462 e. The molecule has 1 aliphatic heterocycles. The van der Waals surface area contributed by atoms with Gasteiger partial charge in [-0.25, -0.2) is 14.8 Å². The summed E-state index contributed by atoms with van der Waals surface area (Å²) in [6.45, 7) is 4.40. The minimum Gasteiger partial charge on any atom is -0.462 e. The average molecular weight is 446 g/mol. The van der Waals surface area contributed by atoms with Crippen LogP contribution in [0.25, 0.3) is 22.1 Å². The predicted octanol–water partition coefficient (Wildman–Crippen LogP) is 3.64. The van der Waals surface area contributed by atoms with Crippen LogP contribution in [0.2, 0.25) is 0 Å². The van der Waals surface area contributed by atoms with Crippen LogP contribution in [-0.4, -0.2) is 54.8 Å². The third kappa shape index (κ3) is 4.10. The Kier molecular flexibility index (Phi) is 5.62. The summed E-state index contributed by atoms with van der Waals surface area (Å²) in [5.41, 5.74) is 2.59. The van der Waals surface area contributed by atoms with Crippen molar-refractivity contribution in [3.05, 3.63) is 59.9 Å². The Morgan fingerprint density at radius 1 is 1.09 bits per heavy atom. The van der Waals surface area contributed by atoms with Gasteiger partial charge in [-0.3, -0.25) is 4.79 Å².